The summed E-state index contributed by atoms with van der Waals surface area (Å²) in [5.41, 5.74) is 2.34. The number of para-hydroxylation sites is 1. The molecule has 2 aliphatic heterocycles. The van der Waals surface area contributed by atoms with Gasteiger partial charge in [0.2, 0.25) is 10.8 Å². The molecule has 1 atom stereocenters. The number of benzene rings is 3. The SMILES string of the molecule is O=C1CS[C@@]2(C(=O)N(Cc3ccc(Cl)cc3)c3ccccc32)N1c1ccc(F)c(F)c1. The summed E-state index contributed by atoms with van der Waals surface area (Å²) in [5, 5.41) is 0.592. The second-order valence-electron chi connectivity index (χ2n) is 7.30. The molecule has 4 nitrogen and oxygen atoms in total. The van der Waals surface area contributed by atoms with Crippen molar-refractivity contribution in [1.29, 1.82) is 0 Å². The first-order chi connectivity index (χ1) is 14.9. The molecule has 3 aromatic carbocycles. The molecule has 3 aromatic rings. The third-order valence-electron chi connectivity index (χ3n) is 5.48. The van der Waals surface area contributed by atoms with Gasteiger partial charge in [-0.3, -0.25) is 14.5 Å². The Morgan fingerprint density at radius 1 is 0.968 bits per heavy atom. The Balaban J connectivity index is 1.63. The number of fused-ring (bicyclic) bond motifs is 2. The molecular weight excluding hydrogens is 442 g/mol. The summed E-state index contributed by atoms with van der Waals surface area (Å²) in [6.07, 6.45) is 0. The quantitative estimate of drug-likeness (QED) is 0.550. The van der Waals surface area contributed by atoms with Crippen LogP contribution in [0.3, 0.4) is 0 Å². The van der Waals surface area contributed by atoms with Crippen LogP contribution in [0.5, 0.6) is 0 Å². The molecule has 5 rings (SSSR count). The molecule has 2 amide bonds. The summed E-state index contributed by atoms with van der Waals surface area (Å²) in [6, 6.07) is 17.7. The molecule has 0 unspecified atom stereocenters. The van der Waals surface area contributed by atoms with Crippen LogP contribution in [0, 0.1) is 11.6 Å². The predicted molar refractivity (Wildman–Crippen MR) is 117 cm³/mol. The van der Waals surface area contributed by atoms with Gasteiger partial charge in [-0.15, -0.1) is 11.8 Å². The lowest BCUT2D eigenvalue weighted by Crippen LogP contribution is -2.49. The van der Waals surface area contributed by atoms with E-state index in [-0.39, 0.29) is 29.8 Å². The summed E-state index contributed by atoms with van der Waals surface area (Å²) in [4.78, 5) is 28.3. The van der Waals surface area contributed by atoms with Crippen molar-refractivity contribution in [3.63, 3.8) is 0 Å². The molecule has 1 spiro atoms. The van der Waals surface area contributed by atoms with Crippen LogP contribution in [0.4, 0.5) is 20.2 Å². The van der Waals surface area contributed by atoms with Gasteiger partial charge in [0.1, 0.15) is 0 Å². The maximum atomic E-state index is 14.0. The zero-order valence-electron chi connectivity index (χ0n) is 16.0. The van der Waals surface area contributed by atoms with Gasteiger partial charge in [-0.05, 0) is 35.9 Å². The van der Waals surface area contributed by atoms with Crippen LogP contribution in [0.2, 0.25) is 5.02 Å². The Labute approximate surface area is 186 Å². The van der Waals surface area contributed by atoms with Crippen molar-refractivity contribution in [2.45, 2.75) is 11.4 Å². The van der Waals surface area contributed by atoms with Crippen LogP contribution in [-0.2, 0) is 21.0 Å². The lowest BCUT2D eigenvalue weighted by atomic mass is 10.0. The number of halogens is 3. The molecule has 0 saturated carbocycles. The number of amides is 2. The van der Waals surface area contributed by atoms with Crippen LogP contribution in [0.15, 0.2) is 66.7 Å². The number of rotatable bonds is 3. The van der Waals surface area contributed by atoms with Crippen molar-refractivity contribution in [3.8, 4) is 0 Å². The van der Waals surface area contributed by atoms with E-state index < -0.39 is 16.5 Å². The van der Waals surface area contributed by atoms with Crippen LogP contribution in [0.1, 0.15) is 11.1 Å². The molecule has 1 fully saturated rings. The lowest BCUT2D eigenvalue weighted by molar-refractivity contribution is -0.123. The van der Waals surface area contributed by atoms with E-state index in [1.54, 1.807) is 29.2 Å². The maximum Gasteiger partial charge on any atom is 0.269 e. The van der Waals surface area contributed by atoms with Crippen molar-refractivity contribution in [1.82, 2.24) is 0 Å². The Hall–Kier alpha value is -2.90. The van der Waals surface area contributed by atoms with E-state index in [4.69, 9.17) is 11.6 Å². The number of carbonyl (C=O) groups excluding carboxylic acids is 2. The zero-order chi connectivity index (χ0) is 21.8. The Bertz CT molecular complexity index is 1220. The Morgan fingerprint density at radius 2 is 1.71 bits per heavy atom. The van der Waals surface area contributed by atoms with E-state index in [2.05, 4.69) is 0 Å². The van der Waals surface area contributed by atoms with Crippen molar-refractivity contribution in [2.24, 2.45) is 0 Å². The van der Waals surface area contributed by atoms with Gasteiger partial charge in [0.05, 0.1) is 18.0 Å². The van der Waals surface area contributed by atoms with Crippen LogP contribution in [0.25, 0.3) is 0 Å². The molecular formula is C23H15ClF2N2O2S. The van der Waals surface area contributed by atoms with E-state index in [0.717, 1.165) is 17.7 Å². The standard InChI is InChI=1S/C23H15ClF2N2O2S/c24-15-7-5-14(6-8-15)12-27-20-4-2-1-3-17(20)23(22(27)30)28(21(29)13-31-23)16-9-10-18(25)19(26)11-16/h1-11H,12-13H2/t23-/m0/s1. The Morgan fingerprint density at radius 3 is 2.45 bits per heavy atom. The van der Waals surface area contributed by atoms with Crippen molar-refractivity contribution >= 4 is 46.6 Å². The summed E-state index contributed by atoms with van der Waals surface area (Å²) in [7, 11) is 0. The van der Waals surface area contributed by atoms with E-state index in [0.29, 0.717) is 16.3 Å². The van der Waals surface area contributed by atoms with Crippen molar-refractivity contribution < 1.29 is 18.4 Å². The number of nitrogens with zero attached hydrogens (tertiary/aromatic N) is 2. The third-order valence-corrected chi connectivity index (χ3v) is 7.12. The van der Waals surface area contributed by atoms with Gasteiger partial charge in [0.25, 0.3) is 5.91 Å². The van der Waals surface area contributed by atoms with E-state index in [9.17, 15) is 18.4 Å². The average molecular weight is 457 g/mol. The minimum absolute atomic E-state index is 0.0495. The Kier molecular flexibility index (Phi) is 4.75. The molecule has 31 heavy (non-hydrogen) atoms. The second kappa shape index (κ2) is 7.35. The largest absolute Gasteiger partial charge is 0.304 e. The highest BCUT2D eigenvalue weighted by Crippen LogP contribution is 2.56. The summed E-state index contributed by atoms with van der Waals surface area (Å²) in [5.74, 6) is -2.68. The van der Waals surface area contributed by atoms with Gasteiger partial charge < -0.3 is 4.90 Å². The number of thioether (sulfide) groups is 1. The topological polar surface area (TPSA) is 40.6 Å². The van der Waals surface area contributed by atoms with E-state index >= 15 is 0 Å². The van der Waals surface area contributed by atoms with Gasteiger partial charge in [0.15, 0.2) is 11.6 Å². The van der Waals surface area contributed by atoms with Crippen molar-refractivity contribution in [2.75, 3.05) is 15.6 Å². The van der Waals surface area contributed by atoms with Gasteiger partial charge in [-0.2, -0.15) is 0 Å². The highest BCUT2D eigenvalue weighted by atomic mass is 35.5. The van der Waals surface area contributed by atoms with Crippen LogP contribution < -0.4 is 9.80 Å². The first-order valence-electron chi connectivity index (χ1n) is 9.50. The molecule has 2 heterocycles. The van der Waals surface area contributed by atoms with Crippen LogP contribution >= 0.6 is 23.4 Å². The maximum absolute atomic E-state index is 14.0. The van der Waals surface area contributed by atoms with Crippen LogP contribution in [-0.4, -0.2) is 17.6 Å². The molecule has 0 radical (unpaired) electrons. The van der Waals surface area contributed by atoms with Gasteiger partial charge in [-0.1, -0.05) is 41.9 Å². The second-order valence-corrected chi connectivity index (χ2v) is 8.90. The third kappa shape index (κ3) is 3.03. The summed E-state index contributed by atoms with van der Waals surface area (Å²) < 4.78 is 27.5. The highest BCUT2D eigenvalue weighted by Gasteiger charge is 2.60. The highest BCUT2D eigenvalue weighted by molar-refractivity contribution is 8.02. The molecule has 2 aliphatic rings. The fraction of sp³-hybridized carbons (Fsp3) is 0.130. The molecule has 0 bridgehead atoms. The summed E-state index contributed by atoms with van der Waals surface area (Å²) in [6.45, 7) is 0.287. The minimum Gasteiger partial charge on any atom is -0.304 e. The zero-order valence-corrected chi connectivity index (χ0v) is 17.6. The monoisotopic (exact) mass is 456 g/mol. The van der Waals surface area contributed by atoms with E-state index in [1.807, 2.05) is 24.3 Å². The fourth-order valence-corrected chi connectivity index (χ4v) is 5.59. The number of anilines is 2. The minimum atomic E-state index is -1.37. The van der Waals surface area contributed by atoms with Gasteiger partial charge in [-0.25, -0.2) is 8.78 Å². The smallest absolute Gasteiger partial charge is 0.269 e. The molecule has 0 N–H and O–H groups in total. The first kappa shape index (κ1) is 20.0. The number of carbonyl (C=O) groups is 2. The fourth-order valence-electron chi connectivity index (χ4n) is 4.11. The first-order valence-corrected chi connectivity index (χ1v) is 10.9. The molecule has 0 aromatic heterocycles. The molecule has 1 saturated heterocycles. The van der Waals surface area contributed by atoms with E-state index in [1.165, 1.54) is 22.7 Å². The lowest BCUT2D eigenvalue weighted by Gasteiger charge is -2.33. The molecule has 156 valence electrons. The number of hydrogen-bond donors (Lipinski definition) is 0. The van der Waals surface area contributed by atoms with Crippen molar-refractivity contribution in [3.05, 3.63) is 94.5 Å². The average Bonchev–Trinajstić information content (AvgIpc) is 3.23. The summed E-state index contributed by atoms with van der Waals surface area (Å²) >= 11 is 7.17. The number of hydrogen-bond acceptors (Lipinski definition) is 3. The normalized spacial score (nSPS) is 20.1. The predicted octanol–water partition coefficient (Wildman–Crippen LogP) is 5.10. The van der Waals surface area contributed by atoms with Gasteiger partial charge >= 0.3 is 0 Å². The molecule has 8 heteroatoms. The molecule has 0 aliphatic carbocycles. The van der Waals surface area contributed by atoms with Gasteiger partial charge in [0, 0.05) is 22.3 Å².